The Hall–Kier alpha value is -2.57. The highest BCUT2D eigenvalue weighted by Gasteiger charge is 2.50. The summed E-state index contributed by atoms with van der Waals surface area (Å²) in [6.07, 6.45) is 1.20. The fourth-order valence-electron chi connectivity index (χ4n) is 3.18. The Morgan fingerprint density at radius 2 is 1.65 bits per heavy atom. The molecule has 0 aromatic heterocycles. The number of fused-ring (bicyclic) bond motifs is 1. The van der Waals surface area contributed by atoms with Gasteiger partial charge in [-0.1, -0.05) is 60.7 Å². The van der Waals surface area contributed by atoms with Crippen molar-refractivity contribution >= 4 is 23.6 Å². The molecular weight excluding hydrogens is 348 g/mol. The Morgan fingerprint density at radius 3 is 2.23 bits per heavy atom. The SMILES string of the molecule is NC1C(=O)N2C(C(=O)OC(c3ccccc3)c3ccccc3)=CCS[C@@H]12. The van der Waals surface area contributed by atoms with Gasteiger partial charge in [-0.2, -0.15) is 0 Å². The summed E-state index contributed by atoms with van der Waals surface area (Å²) in [5, 5.41) is -0.179. The number of thioether (sulfide) groups is 1. The molecule has 0 saturated carbocycles. The van der Waals surface area contributed by atoms with Crippen LogP contribution in [0, 0.1) is 0 Å². The van der Waals surface area contributed by atoms with Crippen LogP contribution in [-0.2, 0) is 14.3 Å². The van der Waals surface area contributed by atoms with Crippen LogP contribution in [0.5, 0.6) is 0 Å². The quantitative estimate of drug-likeness (QED) is 0.665. The van der Waals surface area contributed by atoms with Crippen molar-refractivity contribution in [1.82, 2.24) is 4.90 Å². The summed E-state index contributed by atoms with van der Waals surface area (Å²) in [6, 6.07) is 18.6. The van der Waals surface area contributed by atoms with E-state index in [1.807, 2.05) is 60.7 Å². The van der Waals surface area contributed by atoms with Crippen LogP contribution in [0.1, 0.15) is 17.2 Å². The Morgan fingerprint density at radius 1 is 1.08 bits per heavy atom. The van der Waals surface area contributed by atoms with Crippen LogP contribution >= 0.6 is 11.8 Å². The van der Waals surface area contributed by atoms with E-state index in [0.717, 1.165) is 11.1 Å². The maximum atomic E-state index is 12.9. The molecule has 132 valence electrons. The van der Waals surface area contributed by atoms with Crippen LogP contribution in [0.3, 0.4) is 0 Å². The minimum atomic E-state index is -0.546. The minimum Gasteiger partial charge on any atom is -0.448 e. The van der Waals surface area contributed by atoms with Crippen molar-refractivity contribution in [2.45, 2.75) is 17.5 Å². The number of carbonyl (C=O) groups excluding carboxylic acids is 2. The summed E-state index contributed by atoms with van der Waals surface area (Å²) in [4.78, 5) is 26.4. The second-order valence-electron chi connectivity index (χ2n) is 6.15. The first-order valence-electron chi connectivity index (χ1n) is 8.38. The molecule has 2 atom stereocenters. The van der Waals surface area contributed by atoms with Crippen molar-refractivity contribution in [2.75, 3.05) is 5.75 Å². The molecule has 2 aliphatic heterocycles. The van der Waals surface area contributed by atoms with Gasteiger partial charge in [-0.25, -0.2) is 4.79 Å². The Labute approximate surface area is 155 Å². The van der Waals surface area contributed by atoms with Crippen molar-refractivity contribution in [3.8, 4) is 0 Å². The monoisotopic (exact) mass is 366 g/mol. The zero-order valence-corrected chi connectivity index (χ0v) is 14.8. The zero-order chi connectivity index (χ0) is 18.1. The minimum absolute atomic E-state index is 0.179. The fourth-order valence-corrected chi connectivity index (χ4v) is 4.32. The molecular formula is C20H18N2O3S. The number of carbonyl (C=O) groups is 2. The van der Waals surface area contributed by atoms with Gasteiger partial charge in [0.05, 0.1) is 0 Å². The fraction of sp³-hybridized carbons (Fsp3) is 0.200. The molecule has 1 saturated heterocycles. The molecule has 4 rings (SSSR count). The number of nitrogens with two attached hydrogens (primary N) is 1. The predicted molar refractivity (Wildman–Crippen MR) is 100.0 cm³/mol. The first-order valence-corrected chi connectivity index (χ1v) is 9.43. The van der Waals surface area contributed by atoms with Gasteiger partial charge in [0.15, 0.2) is 6.10 Å². The van der Waals surface area contributed by atoms with Gasteiger partial charge in [0.2, 0.25) is 5.91 Å². The Kier molecular flexibility index (Phi) is 4.53. The van der Waals surface area contributed by atoms with E-state index in [0.29, 0.717) is 5.75 Å². The highest BCUT2D eigenvalue weighted by atomic mass is 32.2. The predicted octanol–water partition coefficient (Wildman–Crippen LogP) is 2.45. The van der Waals surface area contributed by atoms with E-state index in [1.165, 1.54) is 4.90 Å². The smallest absolute Gasteiger partial charge is 0.355 e. The standard InChI is InChI=1S/C20H18N2O3S/c21-16-18(23)22-15(11-12-26-19(16)22)20(24)25-17(13-7-3-1-4-8-13)14-9-5-2-6-10-14/h1-11,16-17,19H,12,21H2/t16?,19-/m0/s1. The lowest BCUT2D eigenvalue weighted by Crippen LogP contribution is -2.68. The molecule has 1 fully saturated rings. The van der Waals surface area contributed by atoms with Gasteiger partial charge in [0.1, 0.15) is 17.1 Å². The van der Waals surface area contributed by atoms with E-state index in [9.17, 15) is 9.59 Å². The van der Waals surface area contributed by atoms with Crippen molar-refractivity contribution in [3.63, 3.8) is 0 Å². The molecule has 6 heteroatoms. The molecule has 5 nitrogen and oxygen atoms in total. The number of benzene rings is 2. The normalized spacial score (nSPS) is 21.7. The van der Waals surface area contributed by atoms with Crippen LogP contribution in [-0.4, -0.2) is 33.9 Å². The lowest BCUT2D eigenvalue weighted by Gasteiger charge is -2.47. The maximum absolute atomic E-state index is 12.9. The van der Waals surface area contributed by atoms with E-state index in [1.54, 1.807) is 17.8 Å². The van der Waals surface area contributed by atoms with Gasteiger partial charge in [-0.05, 0) is 17.2 Å². The average molecular weight is 366 g/mol. The third-order valence-corrected chi connectivity index (χ3v) is 5.73. The van der Waals surface area contributed by atoms with Crippen molar-refractivity contribution in [1.29, 1.82) is 0 Å². The van der Waals surface area contributed by atoms with E-state index in [4.69, 9.17) is 10.5 Å². The molecule has 2 heterocycles. The number of rotatable bonds is 4. The van der Waals surface area contributed by atoms with Crippen LogP contribution in [0.15, 0.2) is 72.4 Å². The van der Waals surface area contributed by atoms with Crippen molar-refractivity contribution in [2.24, 2.45) is 5.73 Å². The van der Waals surface area contributed by atoms with Crippen molar-refractivity contribution in [3.05, 3.63) is 83.6 Å². The first kappa shape index (κ1) is 16.9. The highest BCUT2D eigenvalue weighted by molar-refractivity contribution is 8.00. The summed E-state index contributed by atoms with van der Waals surface area (Å²) in [7, 11) is 0. The summed E-state index contributed by atoms with van der Waals surface area (Å²) in [5.41, 5.74) is 7.87. The van der Waals surface area contributed by atoms with E-state index in [2.05, 4.69) is 0 Å². The van der Waals surface area contributed by atoms with Gasteiger partial charge in [0, 0.05) is 5.75 Å². The number of β-lactam (4-membered cyclic amide) rings is 1. The Bertz CT molecular complexity index is 814. The topological polar surface area (TPSA) is 72.6 Å². The van der Waals surface area contributed by atoms with Gasteiger partial charge >= 0.3 is 5.97 Å². The van der Waals surface area contributed by atoms with E-state index < -0.39 is 18.1 Å². The zero-order valence-electron chi connectivity index (χ0n) is 13.9. The molecule has 26 heavy (non-hydrogen) atoms. The molecule has 1 amide bonds. The molecule has 1 unspecified atom stereocenters. The number of amides is 1. The van der Waals surface area contributed by atoms with Gasteiger partial charge in [0.25, 0.3) is 0 Å². The first-order chi connectivity index (χ1) is 12.7. The van der Waals surface area contributed by atoms with Crippen LogP contribution in [0.2, 0.25) is 0 Å². The van der Waals surface area contributed by atoms with Gasteiger partial charge in [-0.15, -0.1) is 11.8 Å². The van der Waals surface area contributed by atoms with Crippen LogP contribution < -0.4 is 5.73 Å². The third-order valence-electron chi connectivity index (χ3n) is 4.53. The van der Waals surface area contributed by atoms with Gasteiger partial charge in [-0.3, -0.25) is 9.69 Å². The van der Waals surface area contributed by atoms with E-state index in [-0.39, 0.29) is 17.0 Å². The molecule has 0 radical (unpaired) electrons. The van der Waals surface area contributed by atoms with Crippen LogP contribution in [0.25, 0.3) is 0 Å². The highest BCUT2D eigenvalue weighted by Crippen LogP contribution is 2.37. The lowest BCUT2D eigenvalue weighted by molar-refractivity contribution is -0.152. The van der Waals surface area contributed by atoms with Crippen molar-refractivity contribution < 1.29 is 14.3 Å². The molecule has 2 aromatic carbocycles. The second-order valence-corrected chi connectivity index (χ2v) is 7.30. The number of esters is 1. The summed E-state index contributed by atoms with van der Waals surface area (Å²) < 4.78 is 5.85. The summed E-state index contributed by atoms with van der Waals surface area (Å²) in [6.45, 7) is 0. The largest absolute Gasteiger partial charge is 0.448 e. The van der Waals surface area contributed by atoms with Crippen LogP contribution in [0.4, 0.5) is 0 Å². The summed E-state index contributed by atoms with van der Waals surface area (Å²) in [5.74, 6) is -0.108. The third kappa shape index (κ3) is 2.91. The molecule has 0 bridgehead atoms. The van der Waals surface area contributed by atoms with E-state index >= 15 is 0 Å². The molecule has 2 aromatic rings. The lowest BCUT2D eigenvalue weighted by atomic mass is 10.0. The number of nitrogens with zero attached hydrogens (tertiary/aromatic N) is 1. The molecule has 2 N–H and O–H groups in total. The Balaban J connectivity index is 1.61. The molecule has 0 aliphatic carbocycles. The second kappa shape index (κ2) is 6.97. The average Bonchev–Trinajstić information content (AvgIpc) is 2.72. The molecule has 0 spiro atoms. The maximum Gasteiger partial charge on any atom is 0.355 e. The number of ether oxygens (including phenoxy) is 1. The summed E-state index contributed by atoms with van der Waals surface area (Å²) >= 11 is 1.55. The number of hydrogen-bond acceptors (Lipinski definition) is 5. The number of hydrogen-bond donors (Lipinski definition) is 1. The molecule has 2 aliphatic rings. The van der Waals surface area contributed by atoms with Gasteiger partial charge < -0.3 is 10.5 Å².